The van der Waals surface area contributed by atoms with E-state index in [2.05, 4.69) is 5.32 Å². The summed E-state index contributed by atoms with van der Waals surface area (Å²) in [4.78, 5) is 28.0. The molecule has 35 heavy (non-hydrogen) atoms. The van der Waals surface area contributed by atoms with Gasteiger partial charge in [0.25, 0.3) is 0 Å². The smallest absolute Gasteiger partial charge is 0.243 e. The summed E-state index contributed by atoms with van der Waals surface area (Å²) in [5.74, 6) is -0.726. The van der Waals surface area contributed by atoms with Crippen molar-refractivity contribution in [2.75, 3.05) is 13.6 Å². The molecule has 1 fully saturated rings. The lowest BCUT2D eigenvalue weighted by atomic mass is 9.95. The highest BCUT2D eigenvalue weighted by Crippen LogP contribution is 2.21. The number of aryl methyl sites for hydroxylation is 1. The Kier molecular flexibility index (Phi) is 9.33. The zero-order valence-corrected chi connectivity index (χ0v) is 22.1. The molecular formula is C26H34ClN3O4S. The number of rotatable bonds is 9. The predicted octanol–water partition coefficient (Wildman–Crippen LogP) is 4.14. The van der Waals surface area contributed by atoms with Crippen molar-refractivity contribution in [1.29, 1.82) is 0 Å². The number of amides is 2. The Morgan fingerprint density at radius 3 is 2.31 bits per heavy atom. The van der Waals surface area contributed by atoms with Crippen LogP contribution in [0.4, 0.5) is 0 Å². The van der Waals surface area contributed by atoms with Crippen LogP contribution in [-0.2, 0) is 26.2 Å². The fraction of sp³-hybridized carbons (Fsp3) is 0.462. The number of halogens is 1. The van der Waals surface area contributed by atoms with Crippen LogP contribution in [0.1, 0.15) is 50.2 Å². The van der Waals surface area contributed by atoms with Gasteiger partial charge in [-0.1, -0.05) is 66.8 Å². The number of nitrogens with one attached hydrogen (secondary N) is 1. The molecule has 1 N–H and O–H groups in total. The fourth-order valence-electron chi connectivity index (χ4n) is 4.22. The number of hydrogen-bond donors (Lipinski definition) is 1. The van der Waals surface area contributed by atoms with Crippen molar-refractivity contribution in [3.05, 3.63) is 64.7 Å². The summed E-state index contributed by atoms with van der Waals surface area (Å²) in [7, 11) is -2.51. The molecule has 0 radical (unpaired) electrons. The van der Waals surface area contributed by atoms with E-state index in [4.69, 9.17) is 11.6 Å². The van der Waals surface area contributed by atoms with Crippen LogP contribution in [-0.4, -0.2) is 55.1 Å². The SMILES string of the molecule is Cc1ccc(S(=O)(=O)N(C)CC(=O)N(Cc2ccccc2Cl)[C@H](C)C(=O)NC2CCCCC2)cc1. The Balaban J connectivity index is 1.80. The number of sulfonamides is 1. The van der Waals surface area contributed by atoms with Gasteiger partial charge in [0.05, 0.1) is 11.4 Å². The van der Waals surface area contributed by atoms with Crippen molar-refractivity contribution in [3.8, 4) is 0 Å². The molecule has 190 valence electrons. The molecule has 1 aliphatic carbocycles. The first kappa shape index (κ1) is 27.2. The molecule has 0 aromatic heterocycles. The van der Waals surface area contributed by atoms with Crippen molar-refractivity contribution < 1.29 is 18.0 Å². The van der Waals surface area contributed by atoms with E-state index in [0.29, 0.717) is 10.6 Å². The van der Waals surface area contributed by atoms with Crippen molar-refractivity contribution in [2.24, 2.45) is 0 Å². The van der Waals surface area contributed by atoms with Crippen LogP contribution in [0.25, 0.3) is 0 Å². The molecular weight excluding hydrogens is 486 g/mol. The van der Waals surface area contributed by atoms with E-state index >= 15 is 0 Å². The average Bonchev–Trinajstić information content (AvgIpc) is 2.84. The molecule has 0 bridgehead atoms. The Hall–Kier alpha value is -2.42. The quantitative estimate of drug-likeness (QED) is 0.539. The Morgan fingerprint density at radius 1 is 1.06 bits per heavy atom. The lowest BCUT2D eigenvalue weighted by Crippen LogP contribution is -2.52. The van der Waals surface area contributed by atoms with E-state index in [0.717, 1.165) is 35.6 Å². The fourth-order valence-corrected chi connectivity index (χ4v) is 5.53. The maximum absolute atomic E-state index is 13.4. The zero-order valence-electron chi connectivity index (χ0n) is 20.5. The number of hydrogen-bond acceptors (Lipinski definition) is 4. The summed E-state index contributed by atoms with van der Waals surface area (Å²) < 4.78 is 27.1. The average molecular weight is 520 g/mol. The minimum atomic E-state index is -3.87. The third kappa shape index (κ3) is 7.06. The molecule has 3 rings (SSSR count). The third-order valence-corrected chi connectivity index (χ3v) is 8.69. The van der Waals surface area contributed by atoms with Gasteiger partial charge in [-0.05, 0) is 50.5 Å². The van der Waals surface area contributed by atoms with E-state index in [1.165, 1.54) is 30.5 Å². The maximum atomic E-state index is 13.4. The Labute approximate surface area is 213 Å². The second kappa shape index (κ2) is 12.0. The molecule has 1 atom stereocenters. The number of likely N-dealkylation sites (N-methyl/N-ethyl adjacent to an activating group) is 1. The molecule has 0 heterocycles. The second-order valence-corrected chi connectivity index (χ2v) is 11.7. The minimum absolute atomic E-state index is 0.0934. The summed E-state index contributed by atoms with van der Waals surface area (Å²) in [5, 5.41) is 3.55. The van der Waals surface area contributed by atoms with Gasteiger partial charge in [0, 0.05) is 24.7 Å². The van der Waals surface area contributed by atoms with Crippen LogP contribution in [0.5, 0.6) is 0 Å². The molecule has 2 aromatic rings. The summed E-state index contributed by atoms with van der Waals surface area (Å²) in [6.07, 6.45) is 5.16. The molecule has 2 amide bonds. The van der Waals surface area contributed by atoms with Gasteiger partial charge in [-0.3, -0.25) is 9.59 Å². The van der Waals surface area contributed by atoms with E-state index in [1.54, 1.807) is 37.3 Å². The molecule has 0 saturated heterocycles. The lowest BCUT2D eigenvalue weighted by Gasteiger charge is -2.32. The Morgan fingerprint density at radius 2 is 1.69 bits per heavy atom. The van der Waals surface area contributed by atoms with Crippen LogP contribution in [0.2, 0.25) is 5.02 Å². The van der Waals surface area contributed by atoms with Crippen molar-refractivity contribution in [2.45, 2.75) is 69.5 Å². The van der Waals surface area contributed by atoms with Gasteiger partial charge in [0.1, 0.15) is 6.04 Å². The standard InChI is InChI=1S/C26H34ClN3O4S/c1-19-13-15-23(16-14-19)35(33,34)29(3)18-25(31)30(17-21-9-7-8-12-24(21)27)20(2)26(32)28-22-10-5-4-6-11-22/h7-9,12-16,20,22H,4-6,10-11,17-18H2,1-3H3,(H,28,32)/t20-/m1/s1. The highest BCUT2D eigenvalue weighted by molar-refractivity contribution is 7.89. The molecule has 0 spiro atoms. The second-order valence-electron chi connectivity index (χ2n) is 9.21. The molecule has 9 heteroatoms. The van der Waals surface area contributed by atoms with Crippen molar-refractivity contribution >= 4 is 33.4 Å². The van der Waals surface area contributed by atoms with Crippen LogP contribution >= 0.6 is 11.6 Å². The number of benzene rings is 2. The first-order valence-electron chi connectivity index (χ1n) is 12.0. The monoisotopic (exact) mass is 519 g/mol. The highest BCUT2D eigenvalue weighted by Gasteiger charge is 2.31. The summed E-state index contributed by atoms with van der Waals surface area (Å²) in [5.41, 5.74) is 1.62. The van der Waals surface area contributed by atoms with Gasteiger partial charge in [-0.25, -0.2) is 8.42 Å². The summed E-state index contributed by atoms with van der Waals surface area (Å²) in [6.45, 7) is 3.23. The highest BCUT2D eigenvalue weighted by atomic mass is 35.5. The zero-order chi connectivity index (χ0) is 25.6. The van der Waals surface area contributed by atoms with E-state index in [-0.39, 0.29) is 23.4 Å². The predicted molar refractivity (Wildman–Crippen MR) is 137 cm³/mol. The van der Waals surface area contributed by atoms with Crippen LogP contribution in [0, 0.1) is 6.92 Å². The third-order valence-electron chi connectivity index (χ3n) is 6.50. The van der Waals surface area contributed by atoms with Gasteiger partial charge < -0.3 is 10.2 Å². The largest absolute Gasteiger partial charge is 0.352 e. The molecule has 1 aliphatic rings. The van der Waals surface area contributed by atoms with Gasteiger partial charge in [0.15, 0.2) is 0 Å². The van der Waals surface area contributed by atoms with Gasteiger partial charge in [-0.15, -0.1) is 0 Å². The number of carbonyl (C=O) groups is 2. The molecule has 2 aromatic carbocycles. The van der Waals surface area contributed by atoms with Crippen molar-refractivity contribution in [1.82, 2.24) is 14.5 Å². The normalized spacial score (nSPS) is 15.6. The molecule has 0 aliphatic heterocycles. The summed E-state index contributed by atoms with van der Waals surface area (Å²) >= 11 is 6.34. The topological polar surface area (TPSA) is 86.8 Å². The van der Waals surface area contributed by atoms with Crippen LogP contribution in [0.15, 0.2) is 53.4 Å². The Bertz CT molecular complexity index is 1130. The first-order chi connectivity index (χ1) is 16.6. The van der Waals surface area contributed by atoms with E-state index in [1.807, 2.05) is 13.0 Å². The van der Waals surface area contributed by atoms with Gasteiger partial charge >= 0.3 is 0 Å². The van der Waals surface area contributed by atoms with Crippen LogP contribution in [0.3, 0.4) is 0 Å². The maximum Gasteiger partial charge on any atom is 0.243 e. The number of carbonyl (C=O) groups excluding carboxylic acids is 2. The minimum Gasteiger partial charge on any atom is -0.352 e. The number of nitrogens with zero attached hydrogens (tertiary/aromatic N) is 2. The first-order valence-corrected chi connectivity index (χ1v) is 13.8. The van der Waals surface area contributed by atoms with Crippen molar-refractivity contribution in [3.63, 3.8) is 0 Å². The van der Waals surface area contributed by atoms with Crippen LogP contribution < -0.4 is 5.32 Å². The summed E-state index contributed by atoms with van der Waals surface area (Å²) in [6, 6.07) is 12.9. The van der Waals surface area contributed by atoms with E-state index < -0.39 is 28.5 Å². The van der Waals surface area contributed by atoms with Gasteiger partial charge in [-0.2, -0.15) is 4.31 Å². The van der Waals surface area contributed by atoms with Gasteiger partial charge in [0.2, 0.25) is 21.8 Å². The lowest BCUT2D eigenvalue weighted by molar-refractivity contribution is -0.141. The molecule has 0 unspecified atom stereocenters. The van der Waals surface area contributed by atoms with E-state index in [9.17, 15) is 18.0 Å². The molecule has 1 saturated carbocycles. The molecule has 7 nitrogen and oxygen atoms in total.